The number of hydrogen-bond acceptors (Lipinski definition) is 3. The van der Waals surface area contributed by atoms with E-state index in [4.69, 9.17) is 16.7 Å². The van der Waals surface area contributed by atoms with Crippen molar-refractivity contribution >= 4 is 29.3 Å². The maximum Gasteiger partial charge on any atom is 0.230 e. The third kappa shape index (κ3) is 3.91. The number of nitrogens with one attached hydrogen (secondary N) is 1. The Kier molecular flexibility index (Phi) is 4.31. The summed E-state index contributed by atoms with van der Waals surface area (Å²) in [6, 6.07) is 7.57. The summed E-state index contributed by atoms with van der Waals surface area (Å²) in [5, 5.41) is 12.7. The Hall–Kier alpha value is -0.710. The van der Waals surface area contributed by atoms with Gasteiger partial charge < -0.3 is 10.4 Å². The van der Waals surface area contributed by atoms with E-state index in [2.05, 4.69) is 5.32 Å². The molecule has 5 heteroatoms. The van der Waals surface area contributed by atoms with Gasteiger partial charge in [-0.1, -0.05) is 11.6 Å². The Balaban J connectivity index is 1.70. The molecule has 1 aromatic rings. The zero-order valence-electron chi connectivity index (χ0n) is 9.23. The van der Waals surface area contributed by atoms with Crippen molar-refractivity contribution in [3.8, 4) is 0 Å². The number of aliphatic hydroxyl groups is 1. The van der Waals surface area contributed by atoms with E-state index in [1.54, 1.807) is 0 Å². The lowest BCUT2D eigenvalue weighted by atomic mass is 9.89. The largest absolute Gasteiger partial charge is 0.393 e. The fraction of sp³-hybridized carbons (Fsp3) is 0.417. The zero-order chi connectivity index (χ0) is 12.3. The second-order valence-corrected chi connectivity index (χ2v) is 5.62. The van der Waals surface area contributed by atoms with Crippen LogP contribution in [0, 0.1) is 0 Å². The molecule has 1 amide bonds. The van der Waals surface area contributed by atoms with E-state index in [9.17, 15) is 4.79 Å². The van der Waals surface area contributed by atoms with Crippen molar-refractivity contribution in [2.24, 2.45) is 0 Å². The molecule has 0 aliphatic heterocycles. The molecule has 2 N–H and O–H groups in total. The van der Waals surface area contributed by atoms with Crippen molar-refractivity contribution in [2.45, 2.75) is 29.9 Å². The average molecular weight is 272 g/mol. The predicted molar refractivity (Wildman–Crippen MR) is 69.3 cm³/mol. The molecule has 2 rings (SSSR count). The van der Waals surface area contributed by atoms with E-state index < -0.39 is 0 Å². The number of aliphatic hydroxyl groups excluding tert-OH is 1. The van der Waals surface area contributed by atoms with Crippen LogP contribution in [0.2, 0.25) is 5.02 Å². The molecule has 0 saturated heterocycles. The lowest BCUT2D eigenvalue weighted by Crippen LogP contribution is -2.47. The first kappa shape index (κ1) is 12.7. The molecule has 0 atom stereocenters. The highest BCUT2D eigenvalue weighted by Crippen LogP contribution is 2.22. The monoisotopic (exact) mass is 271 g/mol. The molecule has 0 aromatic heterocycles. The Morgan fingerprint density at radius 1 is 1.41 bits per heavy atom. The highest BCUT2D eigenvalue weighted by atomic mass is 35.5. The summed E-state index contributed by atoms with van der Waals surface area (Å²) in [5.74, 6) is 0.413. The quantitative estimate of drug-likeness (QED) is 0.825. The number of rotatable bonds is 4. The van der Waals surface area contributed by atoms with Gasteiger partial charge in [0.15, 0.2) is 0 Å². The van der Waals surface area contributed by atoms with Gasteiger partial charge in [0, 0.05) is 16.0 Å². The summed E-state index contributed by atoms with van der Waals surface area (Å²) >= 11 is 7.25. The van der Waals surface area contributed by atoms with Crippen LogP contribution in [0.15, 0.2) is 29.2 Å². The van der Waals surface area contributed by atoms with Gasteiger partial charge in [-0.25, -0.2) is 0 Å². The molecule has 1 aliphatic carbocycles. The fourth-order valence-corrected chi connectivity index (χ4v) is 2.49. The van der Waals surface area contributed by atoms with Gasteiger partial charge >= 0.3 is 0 Å². The summed E-state index contributed by atoms with van der Waals surface area (Å²) in [5.41, 5.74) is 0. The highest BCUT2D eigenvalue weighted by molar-refractivity contribution is 8.00. The molecule has 1 aromatic carbocycles. The van der Waals surface area contributed by atoms with Gasteiger partial charge in [0.1, 0.15) is 0 Å². The van der Waals surface area contributed by atoms with Crippen molar-refractivity contribution < 1.29 is 9.90 Å². The number of benzene rings is 1. The molecule has 0 heterocycles. The Morgan fingerprint density at radius 2 is 2.06 bits per heavy atom. The van der Waals surface area contributed by atoms with E-state index in [0.717, 1.165) is 4.90 Å². The highest BCUT2D eigenvalue weighted by Gasteiger charge is 2.28. The summed E-state index contributed by atoms with van der Waals surface area (Å²) in [6.07, 6.45) is 1.12. The van der Waals surface area contributed by atoms with Gasteiger partial charge in [-0.2, -0.15) is 0 Å². The molecule has 0 radical (unpaired) electrons. The minimum absolute atomic E-state index is 0.0156. The van der Waals surface area contributed by atoms with E-state index in [-0.39, 0.29) is 18.1 Å². The van der Waals surface area contributed by atoms with Crippen molar-refractivity contribution in [2.75, 3.05) is 5.75 Å². The summed E-state index contributed by atoms with van der Waals surface area (Å²) < 4.78 is 0. The number of amides is 1. The fourth-order valence-electron chi connectivity index (χ4n) is 1.65. The topological polar surface area (TPSA) is 49.3 Å². The maximum absolute atomic E-state index is 11.6. The second-order valence-electron chi connectivity index (χ2n) is 4.13. The lowest BCUT2D eigenvalue weighted by molar-refractivity contribution is -0.120. The standard InChI is InChI=1S/C12H14ClNO2S/c13-8-1-3-11(4-2-8)17-7-12(16)14-9-5-10(15)6-9/h1-4,9-10,15H,5-7H2,(H,14,16). The third-order valence-electron chi connectivity index (χ3n) is 2.66. The molecule has 1 fully saturated rings. The molecule has 1 aliphatic rings. The molecular formula is C12H14ClNO2S. The minimum atomic E-state index is -0.232. The molecule has 1 saturated carbocycles. The van der Waals surface area contributed by atoms with Crippen molar-refractivity contribution in [3.63, 3.8) is 0 Å². The minimum Gasteiger partial charge on any atom is -0.393 e. The van der Waals surface area contributed by atoms with Gasteiger partial charge in [-0.3, -0.25) is 4.79 Å². The molecular weight excluding hydrogens is 258 g/mol. The van der Waals surface area contributed by atoms with Crippen LogP contribution in [0.25, 0.3) is 0 Å². The normalized spacial score (nSPS) is 22.9. The summed E-state index contributed by atoms with van der Waals surface area (Å²) in [4.78, 5) is 12.6. The Labute approximate surface area is 110 Å². The Morgan fingerprint density at radius 3 is 2.65 bits per heavy atom. The maximum atomic E-state index is 11.6. The molecule has 0 spiro atoms. The van der Waals surface area contributed by atoms with Crippen LogP contribution in [-0.4, -0.2) is 28.9 Å². The second kappa shape index (κ2) is 5.76. The average Bonchev–Trinajstić information content (AvgIpc) is 2.26. The Bertz CT molecular complexity index is 390. The van der Waals surface area contributed by atoms with Crippen LogP contribution in [0.5, 0.6) is 0 Å². The first-order chi connectivity index (χ1) is 8.13. The van der Waals surface area contributed by atoms with E-state index in [0.29, 0.717) is 23.6 Å². The molecule has 0 unspecified atom stereocenters. The zero-order valence-corrected chi connectivity index (χ0v) is 10.8. The van der Waals surface area contributed by atoms with Crippen LogP contribution >= 0.6 is 23.4 Å². The lowest BCUT2D eigenvalue weighted by Gasteiger charge is -2.31. The van der Waals surface area contributed by atoms with E-state index in [1.165, 1.54) is 11.8 Å². The summed E-state index contributed by atoms with van der Waals surface area (Å²) in [7, 11) is 0. The van der Waals surface area contributed by atoms with Crippen molar-refractivity contribution in [1.29, 1.82) is 0 Å². The molecule has 3 nitrogen and oxygen atoms in total. The van der Waals surface area contributed by atoms with Gasteiger partial charge in [-0.15, -0.1) is 11.8 Å². The number of carbonyl (C=O) groups excluding carboxylic acids is 1. The van der Waals surface area contributed by atoms with Crippen LogP contribution in [0.1, 0.15) is 12.8 Å². The summed E-state index contributed by atoms with van der Waals surface area (Å²) in [6.45, 7) is 0. The van der Waals surface area contributed by atoms with Gasteiger partial charge in [0.2, 0.25) is 5.91 Å². The van der Waals surface area contributed by atoms with Crippen LogP contribution in [0.3, 0.4) is 0 Å². The van der Waals surface area contributed by atoms with E-state index in [1.807, 2.05) is 24.3 Å². The van der Waals surface area contributed by atoms with Crippen molar-refractivity contribution in [1.82, 2.24) is 5.32 Å². The smallest absolute Gasteiger partial charge is 0.230 e. The molecule has 17 heavy (non-hydrogen) atoms. The number of halogens is 1. The number of thioether (sulfide) groups is 1. The molecule has 92 valence electrons. The first-order valence-electron chi connectivity index (χ1n) is 5.49. The van der Waals surface area contributed by atoms with Crippen LogP contribution in [-0.2, 0) is 4.79 Å². The van der Waals surface area contributed by atoms with Gasteiger partial charge in [0.05, 0.1) is 11.9 Å². The predicted octanol–water partition coefficient (Wildman–Crippen LogP) is 2.07. The van der Waals surface area contributed by atoms with Gasteiger partial charge in [0.25, 0.3) is 0 Å². The number of hydrogen-bond donors (Lipinski definition) is 2. The first-order valence-corrected chi connectivity index (χ1v) is 6.85. The van der Waals surface area contributed by atoms with Crippen LogP contribution in [0.4, 0.5) is 0 Å². The van der Waals surface area contributed by atoms with E-state index >= 15 is 0 Å². The SMILES string of the molecule is O=C(CSc1ccc(Cl)cc1)NC1CC(O)C1. The van der Waals surface area contributed by atoms with Crippen LogP contribution < -0.4 is 5.32 Å². The number of carbonyl (C=O) groups is 1. The molecule has 0 bridgehead atoms. The van der Waals surface area contributed by atoms with Gasteiger partial charge in [-0.05, 0) is 37.1 Å². The third-order valence-corrected chi connectivity index (χ3v) is 3.93. The van der Waals surface area contributed by atoms with Crippen molar-refractivity contribution in [3.05, 3.63) is 29.3 Å².